The van der Waals surface area contributed by atoms with Gasteiger partial charge in [0.2, 0.25) is 0 Å². The Balaban J connectivity index is 2.03. The second-order valence-electron chi connectivity index (χ2n) is 4.38. The van der Waals surface area contributed by atoms with Gasteiger partial charge >= 0.3 is 0 Å². The number of pyridine rings is 2. The number of nitrogens with zero attached hydrogens (tertiary/aromatic N) is 3. The second-order valence-corrected chi connectivity index (χ2v) is 5.29. The average Bonchev–Trinajstić information content (AvgIpc) is 2.38. The fraction of sp³-hybridized carbons (Fsp3) is 0.308. The molecule has 0 saturated carbocycles. The van der Waals surface area contributed by atoms with Crippen molar-refractivity contribution in [1.82, 2.24) is 9.97 Å². The number of hydrogen-bond donors (Lipinski definition) is 0. The van der Waals surface area contributed by atoms with Crippen LogP contribution in [0.25, 0.3) is 11.0 Å². The molecule has 0 aliphatic carbocycles. The number of Topliss-reactive ketones (excluding diaryl/α,β-unsaturated/α-hetero) is 1. The van der Waals surface area contributed by atoms with Crippen LogP contribution in [-0.4, -0.2) is 28.8 Å². The third kappa shape index (κ3) is 2.10. The number of carbonyl (C=O) groups is 1. The quantitative estimate of drug-likeness (QED) is 0.812. The molecule has 3 rings (SSSR count). The van der Waals surface area contributed by atoms with Gasteiger partial charge in [0, 0.05) is 42.8 Å². The monoisotopic (exact) mass is 305 g/mol. The minimum Gasteiger partial charge on any atom is -0.369 e. The molecule has 2 aromatic heterocycles. The minimum atomic E-state index is 0.348. The van der Waals surface area contributed by atoms with Crippen molar-refractivity contribution in [2.24, 2.45) is 0 Å². The Bertz CT molecular complexity index is 604. The zero-order valence-corrected chi connectivity index (χ0v) is 11.4. The molecule has 0 aromatic carbocycles. The van der Waals surface area contributed by atoms with Crippen LogP contribution in [-0.2, 0) is 4.79 Å². The van der Waals surface area contributed by atoms with Gasteiger partial charge in [-0.3, -0.25) is 14.8 Å². The molecular formula is C13H12BrN3O. The summed E-state index contributed by atoms with van der Waals surface area (Å²) in [5.41, 5.74) is 2.84. The van der Waals surface area contributed by atoms with Crippen LogP contribution < -0.4 is 4.90 Å². The molecule has 1 fully saturated rings. The molecule has 3 heterocycles. The van der Waals surface area contributed by atoms with E-state index in [1.54, 1.807) is 12.4 Å². The molecule has 1 aliphatic rings. The Kier molecular flexibility index (Phi) is 2.99. The Morgan fingerprint density at radius 3 is 2.78 bits per heavy atom. The molecule has 0 spiro atoms. The predicted molar refractivity (Wildman–Crippen MR) is 73.7 cm³/mol. The molecule has 0 unspecified atom stereocenters. The zero-order chi connectivity index (χ0) is 12.5. The van der Waals surface area contributed by atoms with Crippen molar-refractivity contribution in [1.29, 1.82) is 0 Å². The van der Waals surface area contributed by atoms with Crippen molar-refractivity contribution in [3.05, 3.63) is 29.0 Å². The van der Waals surface area contributed by atoms with E-state index in [1.165, 1.54) is 0 Å². The molecule has 0 amide bonds. The van der Waals surface area contributed by atoms with Gasteiger partial charge in [-0.25, -0.2) is 0 Å². The topological polar surface area (TPSA) is 46.1 Å². The molecule has 92 valence electrons. The SMILES string of the molecule is O=C1CCN(c2ccnc3cc(Br)cnc23)CC1. The largest absolute Gasteiger partial charge is 0.369 e. The highest BCUT2D eigenvalue weighted by Gasteiger charge is 2.18. The maximum absolute atomic E-state index is 11.3. The van der Waals surface area contributed by atoms with Gasteiger partial charge in [0.05, 0.1) is 11.2 Å². The molecule has 0 bridgehead atoms. The van der Waals surface area contributed by atoms with E-state index in [4.69, 9.17) is 0 Å². The van der Waals surface area contributed by atoms with Crippen molar-refractivity contribution in [2.45, 2.75) is 12.8 Å². The van der Waals surface area contributed by atoms with Gasteiger partial charge in [0.25, 0.3) is 0 Å². The Labute approximate surface area is 113 Å². The van der Waals surface area contributed by atoms with Crippen LogP contribution in [0.1, 0.15) is 12.8 Å². The summed E-state index contributed by atoms with van der Waals surface area (Å²) in [6.45, 7) is 1.55. The minimum absolute atomic E-state index is 0.348. The van der Waals surface area contributed by atoms with E-state index in [0.717, 1.165) is 34.3 Å². The lowest BCUT2D eigenvalue weighted by molar-refractivity contribution is -0.119. The highest BCUT2D eigenvalue weighted by atomic mass is 79.9. The standard InChI is InChI=1S/C13H12BrN3O/c14-9-7-11-13(16-8-9)12(1-4-15-11)17-5-2-10(18)3-6-17/h1,4,7-8H,2-3,5-6H2. The lowest BCUT2D eigenvalue weighted by Gasteiger charge is -2.28. The number of anilines is 1. The molecular weight excluding hydrogens is 294 g/mol. The highest BCUT2D eigenvalue weighted by Crippen LogP contribution is 2.26. The molecule has 1 saturated heterocycles. The predicted octanol–water partition coefficient (Wildman–Crippen LogP) is 2.56. The van der Waals surface area contributed by atoms with Crippen molar-refractivity contribution < 1.29 is 4.79 Å². The number of fused-ring (bicyclic) bond motifs is 1. The lowest BCUT2D eigenvalue weighted by atomic mass is 10.1. The van der Waals surface area contributed by atoms with Crippen LogP contribution in [0.3, 0.4) is 0 Å². The smallest absolute Gasteiger partial charge is 0.136 e. The maximum Gasteiger partial charge on any atom is 0.136 e. The summed E-state index contributed by atoms with van der Waals surface area (Å²) in [5, 5.41) is 0. The van der Waals surface area contributed by atoms with Crippen LogP contribution in [0.2, 0.25) is 0 Å². The molecule has 18 heavy (non-hydrogen) atoms. The van der Waals surface area contributed by atoms with Crippen molar-refractivity contribution in [3.63, 3.8) is 0 Å². The third-order valence-electron chi connectivity index (χ3n) is 3.18. The van der Waals surface area contributed by atoms with Gasteiger partial charge in [-0.05, 0) is 28.1 Å². The van der Waals surface area contributed by atoms with Crippen LogP contribution in [0.4, 0.5) is 5.69 Å². The van der Waals surface area contributed by atoms with E-state index >= 15 is 0 Å². The summed E-state index contributed by atoms with van der Waals surface area (Å²) in [7, 11) is 0. The second kappa shape index (κ2) is 4.65. The number of piperidine rings is 1. The Hall–Kier alpha value is -1.49. The summed E-state index contributed by atoms with van der Waals surface area (Å²) in [6, 6.07) is 3.93. The van der Waals surface area contributed by atoms with E-state index in [9.17, 15) is 4.79 Å². The van der Waals surface area contributed by atoms with Gasteiger partial charge in [-0.15, -0.1) is 0 Å². The number of rotatable bonds is 1. The van der Waals surface area contributed by atoms with Crippen molar-refractivity contribution in [2.75, 3.05) is 18.0 Å². The van der Waals surface area contributed by atoms with Gasteiger partial charge in [-0.2, -0.15) is 0 Å². The van der Waals surface area contributed by atoms with E-state index < -0.39 is 0 Å². The first-order valence-corrected chi connectivity index (χ1v) is 6.70. The highest BCUT2D eigenvalue weighted by molar-refractivity contribution is 9.10. The summed E-state index contributed by atoms with van der Waals surface area (Å²) in [4.78, 5) is 22.3. The first kappa shape index (κ1) is 11.6. The van der Waals surface area contributed by atoms with Crippen molar-refractivity contribution in [3.8, 4) is 0 Å². The summed E-state index contributed by atoms with van der Waals surface area (Å²) in [6.07, 6.45) is 4.82. The van der Waals surface area contributed by atoms with Crippen LogP contribution >= 0.6 is 15.9 Å². The number of halogens is 1. The molecule has 0 atom stereocenters. The zero-order valence-electron chi connectivity index (χ0n) is 9.77. The van der Waals surface area contributed by atoms with E-state index in [-0.39, 0.29) is 0 Å². The number of hydrogen-bond acceptors (Lipinski definition) is 4. The van der Waals surface area contributed by atoms with Gasteiger partial charge in [0.1, 0.15) is 11.3 Å². The Morgan fingerprint density at radius 1 is 1.22 bits per heavy atom. The fourth-order valence-electron chi connectivity index (χ4n) is 2.24. The molecule has 5 heteroatoms. The number of carbonyl (C=O) groups excluding carboxylic acids is 1. The van der Waals surface area contributed by atoms with Gasteiger partial charge in [-0.1, -0.05) is 0 Å². The summed E-state index contributed by atoms with van der Waals surface area (Å²) >= 11 is 3.40. The Morgan fingerprint density at radius 2 is 2.00 bits per heavy atom. The van der Waals surface area contributed by atoms with Gasteiger partial charge < -0.3 is 4.90 Å². The first-order valence-electron chi connectivity index (χ1n) is 5.91. The van der Waals surface area contributed by atoms with Gasteiger partial charge in [0.15, 0.2) is 0 Å². The fourth-order valence-corrected chi connectivity index (χ4v) is 2.56. The number of ketones is 1. The van der Waals surface area contributed by atoms with Crippen LogP contribution in [0.5, 0.6) is 0 Å². The molecule has 4 nitrogen and oxygen atoms in total. The first-order chi connectivity index (χ1) is 8.74. The average molecular weight is 306 g/mol. The molecule has 0 radical (unpaired) electrons. The summed E-state index contributed by atoms with van der Waals surface area (Å²) in [5.74, 6) is 0.348. The molecule has 1 aliphatic heterocycles. The molecule has 0 N–H and O–H groups in total. The lowest BCUT2D eigenvalue weighted by Crippen LogP contribution is -2.33. The number of aromatic nitrogens is 2. The van der Waals surface area contributed by atoms with E-state index in [2.05, 4.69) is 30.8 Å². The maximum atomic E-state index is 11.3. The third-order valence-corrected chi connectivity index (χ3v) is 3.62. The van der Waals surface area contributed by atoms with Crippen LogP contribution in [0.15, 0.2) is 29.0 Å². The van der Waals surface area contributed by atoms with Crippen LogP contribution in [0, 0.1) is 0 Å². The molecule has 2 aromatic rings. The van der Waals surface area contributed by atoms with E-state index in [0.29, 0.717) is 18.6 Å². The summed E-state index contributed by atoms with van der Waals surface area (Å²) < 4.78 is 0.925. The van der Waals surface area contributed by atoms with Crippen molar-refractivity contribution >= 4 is 38.4 Å². The normalized spacial score (nSPS) is 16.3. The van der Waals surface area contributed by atoms with E-state index in [1.807, 2.05) is 12.1 Å².